The van der Waals surface area contributed by atoms with Crippen LogP contribution in [0.25, 0.3) is 33.6 Å². The van der Waals surface area contributed by atoms with Crippen LogP contribution in [0.4, 0.5) is 0 Å². The van der Waals surface area contributed by atoms with Gasteiger partial charge in [0, 0.05) is 0 Å². The molecule has 0 bridgehead atoms. The van der Waals surface area contributed by atoms with Gasteiger partial charge in [-0.1, -0.05) is 36.4 Å². The quantitative estimate of drug-likeness (QED) is 0.609. The molecule has 0 spiro atoms. The first-order valence-corrected chi connectivity index (χ1v) is 6.95. The van der Waals surface area contributed by atoms with Crippen LogP contribution in [-0.4, -0.2) is 9.97 Å². The first kappa shape index (κ1) is 12.6. The number of H-pyrrole nitrogens is 1. The van der Waals surface area contributed by atoms with Crippen LogP contribution in [0.5, 0.6) is 0 Å². The van der Waals surface area contributed by atoms with Gasteiger partial charge in [0.25, 0.3) is 5.56 Å². The Kier molecular flexibility index (Phi) is 2.86. The summed E-state index contributed by atoms with van der Waals surface area (Å²) >= 11 is 0. The van der Waals surface area contributed by atoms with Crippen molar-refractivity contribution in [3.05, 3.63) is 77.3 Å². The second-order valence-electron chi connectivity index (χ2n) is 4.99. The highest BCUT2D eigenvalue weighted by molar-refractivity contribution is 5.84. The molecule has 0 radical (unpaired) electrons. The lowest BCUT2D eigenvalue weighted by Crippen LogP contribution is -2.09. The fraction of sp³-hybridized carbons (Fsp3) is 0. The van der Waals surface area contributed by atoms with Gasteiger partial charge in [0.05, 0.1) is 17.2 Å². The third-order valence-corrected chi connectivity index (χ3v) is 3.57. The summed E-state index contributed by atoms with van der Waals surface area (Å²) in [5.41, 5.74) is 2.54. The summed E-state index contributed by atoms with van der Waals surface area (Å²) in [7, 11) is 0. The molecule has 106 valence electrons. The van der Waals surface area contributed by atoms with Gasteiger partial charge in [-0.05, 0) is 35.4 Å². The highest BCUT2D eigenvalue weighted by Crippen LogP contribution is 2.23. The smallest absolute Gasteiger partial charge is 0.259 e. The summed E-state index contributed by atoms with van der Waals surface area (Å²) in [5.74, 6) is 0.987. The molecule has 0 aliphatic rings. The Morgan fingerprint density at radius 3 is 2.55 bits per heavy atom. The van der Waals surface area contributed by atoms with Crippen LogP contribution in [0.1, 0.15) is 0 Å². The van der Waals surface area contributed by atoms with Gasteiger partial charge in [0.1, 0.15) is 0 Å². The minimum Gasteiger partial charge on any atom is -0.461 e. The molecule has 2 aromatic heterocycles. The van der Waals surface area contributed by atoms with Gasteiger partial charge in [-0.15, -0.1) is 0 Å². The van der Waals surface area contributed by atoms with Crippen molar-refractivity contribution in [3.63, 3.8) is 0 Å². The lowest BCUT2D eigenvalue weighted by molar-refractivity contribution is 0.577. The van der Waals surface area contributed by atoms with Gasteiger partial charge in [-0.3, -0.25) is 4.79 Å². The van der Waals surface area contributed by atoms with E-state index in [0.717, 1.165) is 11.1 Å². The number of hydrogen-bond donors (Lipinski definition) is 1. The second-order valence-corrected chi connectivity index (χ2v) is 4.99. The van der Waals surface area contributed by atoms with Crippen molar-refractivity contribution in [1.82, 2.24) is 9.97 Å². The molecule has 0 saturated heterocycles. The first-order valence-electron chi connectivity index (χ1n) is 6.95. The lowest BCUT2D eigenvalue weighted by atomic mass is 10.0. The monoisotopic (exact) mass is 288 g/mol. The van der Waals surface area contributed by atoms with Crippen LogP contribution in [-0.2, 0) is 0 Å². The second kappa shape index (κ2) is 5.00. The molecule has 0 unspecified atom stereocenters. The Morgan fingerprint density at radius 1 is 0.909 bits per heavy atom. The molecule has 4 nitrogen and oxygen atoms in total. The molecule has 0 saturated carbocycles. The zero-order valence-corrected chi connectivity index (χ0v) is 11.6. The summed E-state index contributed by atoms with van der Waals surface area (Å²) in [4.78, 5) is 19.6. The number of aromatic amines is 1. The molecular weight excluding hydrogens is 276 g/mol. The van der Waals surface area contributed by atoms with Gasteiger partial charge < -0.3 is 9.40 Å². The van der Waals surface area contributed by atoms with Gasteiger partial charge in [0.15, 0.2) is 11.6 Å². The number of nitrogens with zero attached hydrogens (tertiary/aromatic N) is 1. The Labute approximate surface area is 126 Å². The van der Waals surface area contributed by atoms with E-state index in [1.807, 2.05) is 48.5 Å². The number of hydrogen-bond acceptors (Lipinski definition) is 3. The summed E-state index contributed by atoms with van der Waals surface area (Å²) < 4.78 is 5.28. The largest absolute Gasteiger partial charge is 0.461 e. The fourth-order valence-corrected chi connectivity index (χ4v) is 2.48. The SMILES string of the molecule is O=c1[nH]c(-c2ccco2)nc2ccc(-c3ccccc3)cc12. The predicted molar refractivity (Wildman–Crippen MR) is 85.5 cm³/mol. The summed E-state index contributed by atoms with van der Waals surface area (Å²) in [6.07, 6.45) is 1.55. The molecular formula is C18H12N2O2. The lowest BCUT2D eigenvalue weighted by Gasteiger charge is -2.04. The van der Waals surface area contributed by atoms with E-state index in [1.54, 1.807) is 18.4 Å². The molecule has 0 fully saturated rings. The zero-order chi connectivity index (χ0) is 14.9. The Balaban J connectivity index is 1.90. The van der Waals surface area contributed by atoms with Crippen LogP contribution < -0.4 is 5.56 Å². The van der Waals surface area contributed by atoms with Crippen LogP contribution in [0.3, 0.4) is 0 Å². The van der Waals surface area contributed by atoms with Crippen molar-refractivity contribution in [2.24, 2.45) is 0 Å². The van der Waals surface area contributed by atoms with E-state index >= 15 is 0 Å². The normalized spacial score (nSPS) is 10.9. The van der Waals surface area contributed by atoms with Crippen molar-refractivity contribution < 1.29 is 4.42 Å². The molecule has 1 N–H and O–H groups in total. The minimum atomic E-state index is -0.172. The number of rotatable bonds is 2. The van der Waals surface area contributed by atoms with Crippen LogP contribution >= 0.6 is 0 Å². The molecule has 2 heterocycles. The molecule has 2 aromatic carbocycles. The van der Waals surface area contributed by atoms with E-state index < -0.39 is 0 Å². The molecule has 0 amide bonds. The van der Waals surface area contributed by atoms with E-state index in [2.05, 4.69) is 9.97 Å². The van der Waals surface area contributed by atoms with Gasteiger partial charge in [-0.2, -0.15) is 0 Å². The van der Waals surface area contributed by atoms with E-state index in [-0.39, 0.29) is 5.56 Å². The van der Waals surface area contributed by atoms with Gasteiger partial charge >= 0.3 is 0 Å². The van der Waals surface area contributed by atoms with E-state index in [4.69, 9.17) is 4.42 Å². The molecule has 4 rings (SSSR count). The molecule has 0 aliphatic carbocycles. The Hall–Kier alpha value is -3.14. The predicted octanol–water partition coefficient (Wildman–Crippen LogP) is 3.85. The average Bonchev–Trinajstić information content (AvgIpc) is 3.10. The maximum Gasteiger partial charge on any atom is 0.259 e. The van der Waals surface area contributed by atoms with Crippen molar-refractivity contribution in [1.29, 1.82) is 0 Å². The van der Waals surface area contributed by atoms with Crippen LogP contribution in [0, 0.1) is 0 Å². The Morgan fingerprint density at radius 2 is 1.77 bits per heavy atom. The summed E-state index contributed by atoms with van der Waals surface area (Å²) in [6.45, 7) is 0. The molecule has 4 heteroatoms. The summed E-state index contributed by atoms with van der Waals surface area (Å²) in [5, 5.41) is 0.566. The van der Waals surface area contributed by atoms with Crippen molar-refractivity contribution >= 4 is 10.9 Å². The van der Waals surface area contributed by atoms with Crippen molar-refractivity contribution in [2.45, 2.75) is 0 Å². The van der Waals surface area contributed by atoms with E-state index in [9.17, 15) is 4.79 Å². The number of furan rings is 1. The topological polar surface area (TPSA) is 58.9 Å². The Bertz CT molecular complexity index is 987. The highest BCUT2D eigenvalue weighted by Gasteiger charge is 2.09. The molecule has 0 aliphatic heterocycles. The standard InChI is InChI=1S/C18H12N2O2/c21-18-14-11-13(12-5-2-1-3-6-12)8-9-15(14)19-17(20-18)16-7-4-10-22-16/h1-11H,(H,19,20,21). The zero-order valence-electron chi connectivity index (χ0n) is 11.6. The highest BCUT2D eigenvalue weighted by atomic mass is 16.3. The number of nitrogens with one attached hydrogen (secondary N) is 1. The molecule has 0 atom stereocenters. The minimum absolute atomic E-state index is 0.172. The molecule has 4 aromatic rings. The van der Waals surface area contributed by atoms with Crippen molar-refractivity contribution in [2.75, 3.05) is 0 Å². The summed E-state index contributed by atoms with van der Waals surface area (Å²) in [6, 6.07) is 19.2. The maximum absolute atomic E-state index is 12.3. The number of fused-ring (bicyclic) bond motifs is 1. The van der Waals surface area contributed by atoms with Crippen LogP contribution in [0.15, 0.2) is 76.1 Å². The van der Waals surface area contributed by atoms with Crippen LogP contribution in [0.2, 0.25) is 0 Å². The number of benzene rings is 2. The first-order chi connectivity index (χ1) is 10.8. The van der Waals surface area contributed by atoms with Crippen molar-refractivity contribution in [3.8, 4) is 22.7 Å². The molecule has 22 heavy (non-hydrogen) atoms. The fourth-order valence-electron chi connectivity index (χ4n) is 2.48. The van der Waals surface area contributed by atoms with E-state index in [1.165, 1.54) is 0 Å². The third-order valence-electron chi connectivity index (χ3n) is 3.57. The average molecular weight is 288 g/mol. The van der Waals surface area contributed by atoms with Gasteiger partial charge in [-0.25, -0.2) is 4.98 Å². The van der Waals surface area contributed by atoms with Gasteiger partial charge in [0.2, 0.25) is 0 Å². The number of aromatic nitrogens is 2. The third kappa shape index (κ3) is 2.11. The van der Waals surface area contributed by atoms with E-state index in [0.29, 0.717) is 22.5 Å². The maximum atomic E-state index is 12.3.